The van der Waals surface area contributed by atoms with Crippen LogP contribution in [0.25, 0.3) is 0 Å². The molecule has 1 aromatic rings. The number of benzene rings is 1. The number of ether oxygens (including phenoxy) is 2. The largest absolute Gasteiger partial charge is 0.389 e. The van der Waals surface area contributed by atoms with Crippen molar-refractivity contribution in [3.63, 3.8) is 0 Å². The highest BCUT2D eigenvalue weighted by atomic mass is 35.5. The van der Waals surface area contributed by atoms with E-state index < -0.39 is 0 Å². The van der Waals surface area contributed by atoms with Gasteiger partial charge in [0.1, 0.15) is 4.99 Å². The Bertz CT molecular complexity index is 371. The molecule has 2 N–H and O–H groups in total. The lowest BCUT2D eigenvalue weighted by atomic mass is 10.1. The maximum atomic E-state index is 6.06. The van der Waals surface area contributed by atoms with E-state index >= 15 is 0 Å². The second-order valence-electron chi connectivity index (χ2n) is 3.22. The van der Waals surface area contributed by atoms with E-state index in [1.54, 1.807) is 13.2 Å². The van der Waals surface area contributed by atoms with Crippen LogP contribution in [0.1, 0.15) is 11.1 Å². The molecule has 16 heavy (non-hydrogen) atoms. The van der Waals surface area contributed by atoms with Gasteiger partial charge in [-0.3, -0.25) is 0 Å². The molecule has 0 heterocycles. The van der Waals surface area contributed by atoms with Gasteiger partial charge in [-0.2, -0.15) is 0 Å². The minimum absolute atomic E-state index is 0.341. The van der Waals surface area contributed by atoms with Crippen molar-refractivity contribution >= 4 is 28.8 Å². The van der Waals surface area contributed by atoms with E-state index in [1.165, 1.54) is 0 Å². The van der Waals surface area contributed by atoms with Crippen LogP contribution in [0.15, 0.2) is 18.2 Å². The van der Waals surface area contributed by atoms with Gasteiger partial charge in [0, 0.05) is 17.7 Å². The van der Waals surface area contributed by atoms with Crippen LogP contribution in [0.4, 0.5) is 0 Å². The van der Waals surface area contributed by atoms with Gasteiger partial charge in [0.2, 0.25) is 0 Å². The van der Waals surface area contributed by atoms with E-state index in [0.717, 1.165) is 11.1 Å². The fourth-order valence-electron chi connectivity index (χ4n) is 1.14. The van der Waals surface area contributed by atoms with Crippen molar-refractivity contribution in [2.24, 2.45) is 5.73 Å². The normalized spacial score (nSPS) is 10.4. The third kappa shape index (κ3) is 4.06. The topological polar surface area (TPSA) is 44.5 Å². The Morgan fingerprint density at radius 1 is 1.44 bits per heavy atom. The zero-order valence-corrected chi connectivity index (χ0v) is 10.6. The number of thiocarbonyl (C=S) groups is 1. The highest BCUT2D eigenvalue weighted by molar-refractivity contribution is 7.80. The molecule has 0 fully saturated rings. The molecule has 0 aliphatic heterocycles. The Balaban J connectivity index is 2.57. The van der Waals surface area contributed by atoms with Crippen molar-refractivity contribution in [1.82, 2.24) is 0 Å². The molecule has 0 aliphatic carbocycles. The summed E-state index contributed by atoms with van der Waals surface area (Å²) >= 11 is 10.9. The molecule has 0 unspecified atom stereocenters. The SMILES string of the molecule is COCCOCc1ccc(C(N)=S)cc1Cl. The molecule has 1 rings (SSSR count). The van der Waals surface area contributed by atoms with E-state index in [4.69, 9.17) is 39.0 Å². The Hall–Kier alpha value is -0.680. The van der Waals surface area contributed by atoms with Gasteiger partial charge in [0.25, 0.3) is 0 Å². The molecule has 0 bridgehead atoms. The molecule has 1 aromatic carbocycles. The van der Waals surface area contributed by atoms with Crippen molar-refractivity contribution in [2.75, 3.05) is 20.3 Å². The van der Waals surface area contributed by atoms with Gasteiger partial charge in [-0.1, -0.05) is 36.0 Å². The molecule has 0 amide bonds. The molecule has 0 aliphatic rings. The van der Waals surface area contributed by atoms with Gasteiger partial charge < -0.3 is 15.2 Å². The Kier molecular flexibility index (Phi) is 5.69. The standard InChI is InChI=1S/C11H14ClNO2S/c1-14-4-5-15-7-9-3-2-8(11(13)16)6-10(9)12/h2-3,6H,4-5,7H2,1H3,(H2,13,16). The fourth-order valence-corrected chi connectivity index (χ4v) is 1.50. The monoisotopic (exact) mass is 259 g/mol. The zero-order valence-electron chi connectivity index (χ0n) is 9.03. The van der Waals surface area contributed by atoms with Crippen molar-refractivity contribution in [1.29, 1.82) is 0 Å². The van der Waals surface area contributed by atoms with Crippen LogP contribution in [0, 0.1) is 0 Å². The number of hydrogen-bond acceptors (Lipinski definition) is 3. The van der Waals surface area contributed by atoms with Gasteiger partial charge in [-0.25, -0.2) is 0 Å². The second-order valence-corrected chi connectivity index (χ2v) is 4.06. The molecule has 5 heteroatoms. The molecule has 0 saturated heterocycles. The van der Waals surface area contributed by atoms with Gasteiger partial charge in [-0.15, -0.1) is 0 Å². The lowest BCUT2D eigenvalue weighted by Crippen LogP contribution is -2.09. The molecule has 0 saturated carbocycles. The van der Waals surface area contributed by atoms with E-state index in [1.807, 2.05) is 12.1 Å². The predicted molar refractivity (Wildman–Crippen MR) is 68.9 cm³/mol. The predicted octanol–water partition coefficient (Wildman–Crippen LogP) is 2.14. The fraction of sp³-hybridized carbons (Fsp3) is 0.364. The Morgan fingerprint density at radius 2 is 2.19 bits per heavy atom. The first kappa shape index (κ1) is 13.4. The second kappa shape index (κ2) is 6.81. The molecule has 88 valence electrons. The highest BCUT2D eigenvalue weighted by Gasteiger charge is 2.03. The van der Waals surface area contributed by atoms with Gasteiger partial charge in [0.05, 0.1) is 19.8 Å². The summed E-state index contributed by atoms with van der Waals surface area (Å²) in [5.74, 6) is 0. The summed E-state index contributed by atoms with van der Waals surface area (Å²) in [6.07, 6.45) is 0. The van der Waals surface area contributed by atoms with Crippen LogP contribution in [-0.4, -0.2) is 25.3 Å². The molecule has 0 radical (unpaired) electrons. The van der Waals surface area contributed by atoms with Gasteiger partial charge in [0.15, 0.2) is 0 Å². The first-order chi connectivity index (χ1) is 7.65. The number of methoxy groups -OCH3 is 1. The molecule has 3 nitrogen and oxygen atoms in total. The van der Waals surface area contributed by atoms with E-state index in [-0.39, 0.29) is 0 Å². The first-order valence-corrected chi connectivity index (χ1v) is 5.58. The molecular weight excluding hydrogens is 246 g/mol. The van der Waals surface area contributed by atoms with E-state index in [2.05, 4.69) is 0 Å². The number of nitrogens with two attached hydrogens (primary N) is 1. The van der Waals surface area contributed by atoms with Crippen molar-refractivity contribution < 1.29 is 9.47 Å². The van der Waals surface area contributed by atoms with Crippen molar-refractivity contribution in [2.45, 2.75) is 6.61 Å². The average molecular weight is 260 g/mol. The van der Waals surface area contributed by atoms with Crippen LogP contribution in [0.3, 0.4) is 0 Å². The van der Waals surface area contributed by atoms with E-state index in [9.17, 15) is 0 Å². The minimum atomic E-state index is 0.341. The number of halogens is 1. The van der Waals surface area contributed by atoms with Gasteiger partial charge in [-0.05, 0) is 11.6 Å². The van der Waals surface area contributed by atoms with Crippen LogP contribution in [-0.2, 0) is 16.1 Å². The third-order valence-corrected chi connectivity index (χ3v) is 2.61. The lowest BCUT2D eigenvalue weighted by Gasteiger charge is -2.07. The van der Waals surface area contributed by atoms with Crippen LogP contribution < -0.4 is 5.73 Å². The maximum Gasteiger partial charge on any atom is 0.104 e. The summed E-state index contributed by atoms with van der Waals surface area (Å²) in [5.41, 5.74) is 7.18. The first-order valence-electron chi connectivity index (χ1n) is 4.80. The summed E-state index contributed by atoms with van der Waals surface area (Å²) in [7, 11) is 1.63. The van der Waals surface area contributed by atoms with Crippen LogP contribution in [0.2, 0.25) is 5.02 Å². The quantitative estimate of drug-likeness (QED) is 0.628. The smallest absolute Gasteiger partial charge is 0.104 e. The molecule has 0 atom stereocenters. The van der Waals surface area contributed by atoms with E-state index in [0.29, 0.717) is 29.8 Å². The molecular formula is C11H14ClNO2S. The minimum Gasteiger partial charge on any atom is -0.389 e. The van der Waals surface area contributed by atoms with Gasteiger partial charge >= 0.3 is 0 Å². The summed E-state index contributed by atoms with van der Waals surface area (Å²) in [4.78, 5) is 0.341. The van der Waals surface area contributed by atoms with Crippen LogP contribution >= 0.6 is 23.8 Å². The average Bonchev–Trinajstić information content (AvgIpc) is 2.26. The lowest BCUT2D eigenvalue weighted by molar-refractivity contribution is 0.0617. The third-order valence-electron chi connectivity index (χ3n) is 2.03. The summed E-state index contributed by atoms with van der Waals surface area (Å²) in [6, 6.07) is 5.45. The summed E-state index contributed by atoms with van der Waals surface area (Å²) < 4.78 is 10.2. The summed E-state index contributed by atoms with van der Waals surface area (Å²) in [5, 5.41) is 0.614. The molecule has 0 spiro atoms. The maximum absolute atomic E-state index is 6.06. The summed E-state index contributed by atoms with van der Waals surface area (Å²) in [6.45, 7) is 1.58. The Morgan fingerprint density at radius 3 is 2.75 bits per heavy atom. The number of rotatable bonds is 6. The Labute approximate surface area is 105 Å². The van der Waals surface area contributed by atoms with Crippen LogP contribution in [0.5, 0.6) is 0 Å². The number of hydrogen-bond donors (Lipinski definition) is 1. The van der Waals surface area contributed by atoms with Crippen molar-refractivity contribution in [3.8, 4) is 0 Å². The highest BCUT2D eigenvalue weighted by Crippen LogP contribution is 2.18. The van der Waals surface area contributed by atoms with Crippen molar-refractivity contribution in [3.05, 3.63) is 34.3 Å². The molecule has 0 aromatic heterocycles. The zero-order chi connectivity index (χ0) is 12.0.